The van der Waals surface area contributed by atoms with E-state index in [1.807, 2.05) is 17.5 Å². The van der Waals surface area contributed by atoms with Gasteiger partial charge in [0, 0.05) is 10.6 Å². The first kappa shape index (κ1) is 20.8. The summed E-state index contributed by atoms with van der Waals surface area (Å²) in [5.41, 5.74) is 1.03. The van der Waals surface area contributed by atoms with Crippen LogP contribution < -0.4 is 14.8 Å². The van der Waals surface area contributed by atoms with Crippen molar-refractivity contribution in [1.29, 1.82) is 0 Å². The second kappa shape index (κ2) is 9.06. The van der Waals surface area contributed by atoms with Crippen LogP contribution in [-0.4, -0.2) is 21.4 Å². The molecule has 0 aliphatic heterocycles. The van der Waals surface area contributed by atoms with E-state index in [0.717, 1.165) is 22.6 Å². The molecular formula is C20H19FN2O4S2. The molecule has 3 aromatic rings. The maximum atomic E-state index is 13.5. The number of ether oxygens (including phenoxy) is 1. The van der Waals surface area contributed by atoms with E-state index in [1.165, 1.54) is 13.2 Å². The molecule has 9 heteroatoms. The maximum Gasteiger partial charge on any atom is 0.265 e. The van der Waals surface area contributed by atoms with Gasteiger partial charge < -0.3 is 10.1 Å². The number of anilines is 1. The monoisotopic (exact) mass is 434 g/mol. The van der Waals surface area contributed by atoms with E-state index >= 15 is 0 Å². The smallest absolute Gasteiger partial charge is 0.265 e. The van der Waals surface area contributed by atoms with Crippen molar-refractivity contribution >= 4 is 33.0 Å². The molecule has 0 bridgehead atoms. The first-order valence-corrected chi connectivity index (χ1v) is 11.0. The molecule has 0 radical (unpaired) electrons. The van der Waals surface area contributed by atoms with Crippen LogP contribution in [0.3, 0.4) is 0 Å². The number of carbonyl (C=O) groups is 1. The standard InChI is InChI=1S/C20H19FN2O4S2/c1-27-18-9-6-15(21)12-19(18)29(25,26)23-16-7-4-14(5-8-16)11-20(24)22-13-17-3-2-10-28-17/h2-10,12,23H,11,13H2,1H3,(H,22,24). The number of methoxy groups -OCH3 is 1. The summed E-state index contributed by atoms with van der Waals surface area (Å²) in [6, 6.07) is 13.5. The normalized spacial score (nSPS) is 11.1. The summed E-state index contributed by atoms with van der Waals surface area (Å²) in [6.07, 6.45) is 0.177. The number of halogens is 1. The molecule has 0 spiro atoms. The molecule has 0 saturated carbocycles. The van der Waals surface area contributed by atoms with Crippen molar-refractivity contribution in [2.75, 3.05) is 11.8 Å². The zero-order valence-corrected chi connectivity index (χ0v) is 17.1. The second-order valence-corrected chi connectivity index (χ2v) is 8.81. The summed E-state index contributed by atoms with van der Waals surface area (Å²) in [5.74, 6) is -0.774. The molecule has 0 fully saturated rings. The molecule has 152 valence electrons. The lowest BCUT2D eigenvalue weighted by Crippen LogP contribution is -2.24. The Labute approximate surface area is 172 Å². The number of benzene rings is 2. The van der Waals surface area contributed by atoms with Crippen LogP contribution in [0.5, 0.6) is 5.75 Å². The van der Waals surface area contributed by atoms with Gasteiger partial charge in [-0.1, -0.05) is 18.2 Å². The Morgan fingerprint density at radius 3 is 2.55 bits per heavy atom. The highest BCUT2D eigenvalue weighted by molar-refractivity contribution is 7.92. The van der Waals surface area contributed by atoms with Crippen LogP contribution in [0.2, 0.25) is 0 Å². The molecule has 1 amide bonds. The van der Waals surface area contributed by atoms with Gasteiger partial charge in [0.2, 0.25) is 5.91 Å². The molecule has 29 heavy (non-hydrogen) atoms. The average Bonchev–Trinajstić information content (AvgIpc) is 3.21. The SMILES string of the molecule is COc1ccc(F)cc1S(=O)(=O)Nc1ccc(CC(=O)NCc2cccs2)cc1. The lowest BCUT2D eigenvalue weighted by Gasteiger charge is -2.12. The first-order valence-electron chi connectivity index (χ1n) is 8.62. The first-order chi connectivity index (χ1) is 13.9. The number of amides is 1. The number of hydrogen-bond donors (Lipinski definition) is 2. The van der Waals surface area contributed by atoms with Gasteiger partial charge in [0.15, 0.2) is 0 Å². The van der Waals surface area contributed by atoms with E-state index in [4.69, 9.17) is 4.74 Å². The number of nitrogens with one attached hydrogen (secondary N) is 2. The Kier molecular flexibility index (Phi) is 6.50. The molecule has 1 aromatic heterocycles. The third kappa shape index (κ3) is 5.55. The fraction of sp³-hybridized carbons (Fsp3) is 0.150. The van der Waals surface area contributed by atoms with E-state index in [0.29, 0.717) is 12.2 Å². The van der Waals surface area contributed by atoms with Crippen molar-refractivity contribution in [2.45, 2.75) is 17.9 Å². The topological polar surface area (TPSA) is 84.5 Å². The molecule has 0 aliphatic carbocycles. The third-order valence-corrected chi connectivity index (χ3v) is 6.30. The van der Waals surface area contributed by atoms with Crippen molar-refractivity contribution < 1.29 is 22.3 Å². The molecule has 0 unspecified atom stereocenters. The van der Waals surface area contributed by atoms with Crippen LogP contribution in [0.25, 0.3) is 0 Å². The van der Waals surface area contributed by atoms with Crippen molar-refractivity contribution in [1.82, 2.24) is 5.32 Å². The van der Waals surface area contributed by atoms with E-state index in [2.05, 4.69) is 10.0 Å². The fourth-order valence-electron chi connectivity index (χ4n) is 2.61. The largest absolute Gasteiger partial charge is 0.495 e. The molecule has 0 aliphatic rings. The van der Waals surface area contributed by atoms with Gasteiger partial charge in [0.05, 0.1) is 20.1 Å². The van der Waals surface area contributed by atoms with Crippen molar-refractivity contribution in [2.24, 2.45) is 0 Å². The second-order valence-electron chi connectivity index (χ2n) is 6.13. The number of hydrogen-bond acceptors (Lipinski definition) is 5. The van der Waals surface area contributed by atoms with E-state index in [-0.39, 0.29) is 23.0 Å². The van der Waals surface area contributed by atoms with Crippen LogP contribution in [0.1, 0.15) is 10.4 Å². The lowest BCUT2D eigenvalue weighted by molar-refractivity contribution is -0.120. The molecule has 3 rings (SSSR count). The van der Waals surface area contributed by atoms with Crippen LogP contribution in [0.4, 0.5) is 10.1 Å². The van der Waals surface area contributed by atoms with Gasteiger partial charge in [-0.25, -0.2) is 12.8 Å². The van der Waals surface area contributed by atoms with Gasteiger partial charge in [-0.2, -0.15) is 0 Å². The van der Waals surface area contributed by atoms with E-state index in [9.17, 15) is 17.6 Å². The Hall–Kier alpha value is -2.91. The highest BCUT2D eigenvalue weighted by Gasteiger charge is 2.20. The lowest BCUT2D eigenvalue weighted by atomic mass is 10.1. The third-order valence-electron chi connectivity index (χ3n) is 4.03. The quantitative estimate of drug-likeness (QED) is 0.568. The summed E-state index contributed by atoms with van der Waals surface area (Å²) >= 11 is 1.57. The van der Waals surface area contributed by atoms with Crippen LogP contribution in [-0.2, 0) is 27.8 Å². The fourth-order valence-corrected chi connectivity index (χ4v) is 4.49. The molecular weight excluding hydrogens is 415 g/mol. The Morgan fingerprint density at radius 1 is 1.14 bits per heavy atom. The molecule has 0 saturated heterocycles. The zero-order chi connectivity index (χ0) is 20.9. The van der Waals surface area contributed by atoms with Crippen LogP contribution in [0, 0.1) is 5.82 Å². The summed E-state index contributed by atoms with van der Waals surface area (Å²) in [6.45, 7) is 0.476. The minimum absolute atomic E-state index is 0.0398. The van der Waals surface area contributed by atoms with E-state index < -0.39 is 15.8 Å². The molecule has 2 aromatic carbocycles. The van der Waals surface area contributed by atoms with Crippen LogP contribution >= 0.6 is 11.3 Å². The molecule has 0 atom stereocenters. The van der Waals surface area contributed by atoms with Gasteiger partial charge in [-0.05, 0) is 47.3 Å². The maximum absolute atomic E-state index is 13.5. The van der Waals surface area contributed by atoms with Gasteiger partial charge in [0.25, 0.3) is 10.0 Å². The summed E-state index contributed by atoms with van der Waals surface area (Å²) in [5, 5.41) is 4.78. The van der Waals surface area contributed by atoms with Gasteiger partial charge >= 0.3 is 0 Å². The van der Waals surface area contributed by atoms with Gasteiger partial charge in [0.1, 0.15) is 16.5 Å². The zero-order valence-electron chi connectivity index (χ0n) is 15.5. The minimum Gasteiger partial charge on any atom is -0.495 e. The molecule has 1 heterocycles. The number of rotatable bonds is 8. The van der Waals surface area contributed by atoms with Gasteiger partial charge in [-0.15, -0.1) is 11.3 Å². The van der Waals surface area contributed by atoms with Crippen molar-refractivity contribution in [3.63, 3.8) is 0 Å². The number of carbonyl (C=O) groups excluding carboxylic acids is 1. The Bertz CT molecular complexity index is 1080. The highest BCUT2D eigenvalue weighted by atomic mass is 32.2. The Morgan fingerprint density at radius 2 is 1.90 bits per heavy atom. The summed E-state index contributed by atoms with van der Waals surface area (Å²) < 4.78 is 46.0. The highest BCUT2D eigenvalue weighted by Crippen LogP contribution is 2.26. The number of thiophene rings is 1. The minimum atomic E-state index is -4.04. The predicted octanol–water partition coefficient (Wildman–Crippen LogP) is 3.56. The molecule has 6 nitrogen and oxygen atoms in total. The summed E-state index contributed by atoms with van der Waals surface area (Å²) in [4.78, 5) is 12.8. The molecule has 2 N–H and O–H groups in total. The van der Waals surface area contributed by atoms with Crippen molar-refractivity contribution in [3.8, 4) is 5.75 Å². The summed E-state index contributed by atoms with van der Waals surface area (Å²) in [7, 11) is -2.73. The van der Waals surface area contributed by atoms with E-state index in [1.54, 1.807) is 35.6 Å². The average molecular weight is 435 g/mol. The van der Waals surface area contributed by atoms with Crippen molar-refractivity contribution in [3.05, 3.63) is 76.2 Å². The van der Waals surface area contributed by atoms with Gasteiger partial charge in [-0.3, -0.25) is 9.52 Å². The predicted molar refractivity (Wildman–Crippen MR) is 110 cm³/mol. The Balaban J connectivity index is 1.64. The van der Waals surface area contributed by atoms with Crippen LogP contribution in [0.15, 0.2) is 64.9 Å². The number of sulfonamides is 1.